The molecule has 2 aliphatic heterocycles. The first-order valence-corrected chi connectivity index (χ1v) is 6.71. The van der Waals surface area contributed by atoms with Gasteiger partial charge in [-0.15, -0.1) is 0 Å². The molecule has 0 saturated carbocycles. The van der Waals surface area contributed by atoms with E-state index in [1.807, 2.05) is 0 Å². The molecule has 7 nitrogen and oxygen atoms in total. The lowest BCUT2D eigenvalue weighted by Crippen LogP contribution is -2.54. The van der Waals surface area contributed by atoms with Gasteiger partial charge in [-0.2, -0.15) is 0 Å². The smallest absolute Gasteiger partial charge is 0.317 e. The summed E-state index contributed by atoms with van der Waals surface area (Å²) in [4.78, 5) is 36.0. The van der Waals surface area contributed by atoms with E-state index in [2.05, 4.69) is 15.3 Å². The lowest BCUT2D eigenvalue weighted by molar-refractivity contribution is -0.134. The molecule has 1 N–H and O–H groups in total. The Morgan fingerprint density at radius 2 is 1.90 bits per heavy atom. The standard InChI is InChI=1S/C13H17N5O2/c1-17-12(20)18(9-10-15-5-2-6-16-10)11(19)13(17)3-7-14-8-4-13/h2,5-6,14H,3-4,7-9H2,1H3. The van der Waals surface area contributed by atoms with Gasteiger partial charge < -0.3 is 10.2 Å². The quantitative estimate of drug-likeness (QED) is 0.768. The van der Waals surface area contributed by atoms with Crippen molar-refractivity contribution in [1.29, 1.82) is 0 Å². The summed E-state index contributed by atoms with van der Waals surface area (Å²) < 4.78 is 0. The average molecular weight is 275 g/mol. The number of hydrogen-bond acceptors (Lipinski definition) is 5. The van der Waals surface area contributed by atoms with Gasteiger partial charge >= 0.3 is 6.03 Å². The summed E-state index contributed by atoms with van der Waals surface area (Å²) in [5.74, 6) is 0.354. The van der Waals surface area contributed by atoms with E-state index in [1.165, 1.54) is 4.90 Å². The third-order valence-corrected chi connectivity index (χ3v) is 4.15. The third-order valence-electron chi connectivity index (χ3n) is 4.15. The van der Waals surface area contributed by atoms with Crippen LogP contribution in [0.1, 0.15) is 18.7 Å². The van der Waals surface area contributed by atoms with Crippen LogP contribution < -0.4 is 5.32 Å². The Morgan fingerprint density at radius 1 is 1.25 bits per heavy atom. The number of carbonyl (C=O) groups is 2. The summed E-state index contributed by atoms with van der Waals surface area (Å²) in [5.41, 5.74) is -0.683. The van der Waals surface area contributed by atoms with Crippen LogP contribution in [0.5, 0.6) is 0 Å². The zero-order valence-corrected chi connectivity index (χ0v) is 11.4. The number of aromatic nitrogens is 2. The number of imide groups is 1. The minimum atomic E-state index is -0.683. The van der Waals surface area contributed by atoms with Gasteiger partial charge in [0.05, 0.1) is 6.54 Å². The van der Waals surface area contributed by atoms with Gasteiger partial charge in [0.25, 0.3) is 5.91 Å². The largest absolute Gasteiger partial charge is 0.327 e. The van der Waals surface area contributed by atoms with Crippen LogP contribution in [0, 0.1) is 0 Å². The molecule has 1 aromatic heterocycles. The highest BCUT2D eigenvalue weighted by Crippen LogP contribution is 2.34. The summed E-state index contributed by atoms with van der Waals surface area (Å²) in [5, 5.41) is 3.22. The van der Waals surface area contributed by atoms with Crippen molar-refractivity contribution < 1.29 is 9.59 Å². The van der Waals surface area contributed by atoms with Crippen LogP contribution in [0.3, 0.4) is 0 Å². The van der Waals surface area contributed by atoms with Crippen molar-refractivity contribution in [3.05, 3.63) is 24.3 Å². The Morgan fingerprint density at radius 3 is 2.55 bits per heavy atom. The number of piperidine rings is 1. The molecule has 2 saturated heterocycles. The number of carbonyl (C=O) groups excluding carboxylic acids is 2. The molecule has 0 bridgehead atoms. The molecule has 7 heteroatoms. The van der Waals surface area contributed by atoms with E-state index in [1.54, 1.807) is 30.4 Å². The van der Waals surface area contributed by atoms with Crippen molar-refractivity contribution in [3.8, 4) is 0 Å². The molecule has 1 spiro atoms. The molecule has 3 heterocycles. The topological polar surface area (TPSA) is 78.4 Å². The van der Waals surface area contributed by atoms with Crippen molar-refractivity contribution >= 4 is 11.9 Å². The van der Waals surface area contributed by atoms with Gasteiger partial charge in [0.15, 0.2) is 0 Å². The van der Waals surface area contributed by atoms with Gasteiger partial charge in [-0.25, -0.2) is 14.8 Å². The molecule has 1 aromatic rings. The van der Waals surface area contributed by atoms with E-state index in [-0.39, 0.29) is 18.5 Å². The highest BCUT2D eigenvalue weighted by atomic mass is 16.2. The Labute approximate surface area is 117 Å². The number of likely N-dealkylation sites (N-methyl/N-ethyl adjacent to an activating group) is 1. The Kier molecular flexibility index (Phi) is 3.13. The van der Waals surface area contributed by atoms with Crippen LogP contribution in [0.15, 0.2) is 18.5 Å². The van der Waals surface area contributed by atoms with Crippen LogP contribution >= 0.6 is 0 Å². The highest BCUT2D eigenvalue weighted by Gasteiger charge is 2.55. The molecule has 0 radical (unpaired) electrons. The van der Waals surface area contributed by atoms with Crippen LogP contribution in [0.25, 0.3) is 0 Å². The van der Waals surface area contributed by atoms with Gasteiger partial charge in [-0.3, -0.25) is 9.69 Å². The van der Waals surface area contributed by atoms with Gasteiger partial charge in [0, 0.05) is 19.4 Å². The van der Waals surface area contributed by atoms with E-state index >= 15 is 0 Å². The summed E-state index contributed by atoms with van der Waals surface area (Å²) in [6.45, 7) is 1.64. The van der Waals surface area contributed by atoms with Crippen molar-refractivity contribution in [2.45, 2.75) is 24.9 Å². The monoisotopic (exact) mass is 275 g/mol. The van der Waals surface area contributed by atoms with Crippen molar-refractivity contribution in [3.63, 3.8) is 0 Å². The minimum absolute atomic E-state index is 0.126. The second-order valence-corrected chi connectivity index (χ2v) is 5.18. The molecule has 20 heavy (non-hydrogen) atoms. The van der Waals surface area contributed by atoms with E-state index in [0.717, 1.165) is 13.1 Å². The molecular weight excluding hydrogens is 258 g/mol. The molecule has 3 rings (SSSR count). The lowest BCUT2D eigenvalue weighted by atomic mass is 9.87. The second-order valence-electron chi connectivity index (χ2n) is 5.18. The van der Waals surface area contributed by atoms with Crippen molar-refractivity contribution in [2.75, 3.05) is 20.1 Å². The first-order valence-electron chi connectivity index (χ1n) is 6.71. The SMILES string of the molecule is CN1C(=O)N(Cc2ncccn2)C(=O)C12CCNCC2. The van der Waals surface area contributed by atoms with Crippen LogP contribution in [-0.4, -0.2) is 57.4 Å². The fourth-order valence-electron chi connectivity index (χ4n) is 2.93. The Hall–Kier alpha value is -2.02. The van der Waals surface area contributed by atoms with E-state index in [9.17, 15) is 9.59 Å². The maximum atomic E-state index is 12.7. The first kappa shape index (κ1) is 13.0. The van der Waals surface area contributed by atoms with E-state index in [0.29, 0.717) is 18.7 Å². The Bertz CT molecular complexity index is 527. The predicted octanol–water partition coefficient (Wildman–Crippen LogP) is -0.00720. The molecule has 0 unspecified atom stereocenters. The number of urea groups is 1. The van der Waals surface area contributed by atoms with Crippen LogP contribution in [0.4, 0.5) is 4.79 Å². The Balaban J connectivity index is 1.86. The molecule has 2 aliphatic rings. The predicted molar refractivity (Wildman–Crippen MR) is 70.6 cm³/mol. The van der Waals surface area contributed by atoms with Gasteiger partial charge in [0.2, 0.25) is 0 Å². The molecule has 0 atom stereocenters. The average Bonchev–Trinajstić information content (AvgIpc) is 2.66. The van der Waals surface area contributed by atoms with Crippen molar-refractivity contribution in [2.24, 2.45) is 0 Å². The van der Waals surface area contributed by atoms with Crippen molar-refractivity contribution in [1.82, 2.24) is 25.1 Å². The molecule has 2 fully saturated rings. The number of nitrogens with one attached hydrogen (secondary N) is 1. The number of rotatable bonds is 2. The summed E-state index contributed by atoms with van der Waals surface area (Å²) in [6, 6.07) is 1.45. The van der Waals surface area contributed by atoms with Crippen LogP contribution in [-0.2, 0) is 11.3 Å². The number of hydrogen-bond donors (Lipinski definition) is 1. The molecule has 0 aromatic carbocycles. The molecular formula is C13H17N5O2. The number of nitrogens with zero attached hydrogens (tertiary/aromatic N) is 4. The maximum absolute atomic E-state index is 12.7. The third kappa shape index (κ3) is 1.85. The van der Waals surface area contributed by atoms with Gasteiger partial charge in [-0.1, -0.05) is 0 Å². The minimum Gasteiger partial charge on any atom is -0.317 e. The molecule has 3 amide bonds. The first-order chi connectivity index (χ1) is 9.65. The summed E-state index contributed by atoms with van der Waals surface area (Å²) >= 11 is 0. The molecule has 0 aliphatic carbocycles. The normalized spacial score (nSPS) is 21.9. The fraction of sp³-hybridized carbons (Fsp3) is 0.538. The lowest BCUT2D eigenvalue weighted by Gasteiger charge is -2.36. The van der Waals surface area contributed by atoms with E-state index in [4.69, 9.17) is 0 Å². The number of amides is 3. The van der Waals surface area contributed by atoms with Crippen LogP contribution in [0.2, 0.25) is 0 Å². The molecule has 106 valence electrons. The van der Waals surface area contributed by atoms with Gasteiger partial charge in [-0.05, 0) is 32.0 Å². The second kappa shape index (κ2) is 4.82. The maximum Gasteiger partial charge on any atom is 0.327 e. The summed E-state index contributed by atoms with van der Waals surface area (Å²) in [7, 11) is 1.71. The fourth-order valence-corrected chi connectivity index (χ4v) is 2.93. The zero-order valence-electron chi connectivity index (χ0n) is 11.4. The highest BCUT2D eigenvalue weighted by molar-refractivity contribution is 6.06. The van der Waals surface area contributed by atoms with E-state index < -0.39 is 5.54 Å². The zero-order chi connectivity index (χ0) is 14.2. The van der Waals surface area contributed by atoms with Gasteiger partial charge in [0.1, 0.15) is 11.4 Å². The summed E-state index contributed by atoms with van der Waals surface area (Å²) in [6.07, 6.45) is 4.52.